The van der Waals surface area contributed by atoms with Crippen molar-refractivity contribution in [3.63, 3.8) is 0 Å². The number of rotatable bonds is 5. The third-order valence-electron chi connectivity index (χ3n) is 5.50. The zero-order chi connectivity index (χ0) is 25.2. The minimum absolute atomic E-state index is 0.0480. The van der Waals surface area contributed by atoms with Crippen molar-refractivity contribution in [2.75, 3.05) is 5.32 Å². The van der Waals surface area contributed by atoms with Crippen molar-refractivity contribution < 1.29 is 14.8 Å². The summed E-state index contributed by atoms with van der Waals surface area (Å²) in [5.74, 6) is -0.647. The van der Waals surface area contributed by atoms with Crippen molar-refractivity contribution >= 4 is 29.2 Å². The molecule has 0 saturated heterocycles. The van der Waals surface area contributed by atoms with E-state index in [1.54, 1.807) is 16.1 Å². The molecule has 0 aliphatic heterocycles. The van der Waals surface area contributed by atoms with E-state index in [1.807, 2.05) is 88.5 Å². The Morgan fingerprint density at radius 1 is 1.00 bits per heavy atom. The van der Waals surface area contributed by atoms with Crippen molar-refractivity contribution in [3.8, 4) is 22.5 Å². The highest BCUT2D eigenvalue weighted by molar-refractivity contribution is 5.95. The van der Waals surface area contributed by atoms with Gasteiger partial charge in [0.15, 0.2) is 5.65 Å². The van der Waals surface area contributed by atoms with Gasteiger partial charge in [0, 0.05) is 28.3 Å². The molecule has 0 spiro atoms. The zero-order valence-corrected chi connectivity index (χ0v) is 20.0. The molecule has 0 aliphatic rings. The van der Waals surface area contributed by atoms with Gasteiger partial charge in [0.25, 0.3) is 5.91 Å². The maximum atomic E-state index is 12.5. The Balaban J connectivity index is 1.64. The molecule has 0 unspecified atom stereocenters. The largest absolute Gasteiger partial charge is 0.325 e. The number of hydrogen-bond donors (Lipinski definition) is 3. The third kappa shape index (κ3) is 5.44. The molecule has 3 N–H and O–H groups in total. The average Bonchev–Trinajstić information content (AvgIpc) is 3.27. The van der Waals surface area contributed by atoms with Gasteiger partial charge in [0.1, 0.15) is 0 Å². The Morgan fingerprint density at radius 3 is 2.51 bits per heavy atom. The summed E-state index contributed by atoms with van der Waals surface area (Å²) in [5.41, 5.74) is 7.53. The quantitative estimate of drug-likeness (QED) is 0.219. The molecular formula is C27H27N5O3. The molecule has 0 saturated carbocycles. The van der Waals surface area contributed by atoms with Crippen LogP contribution in [-0.4, -0.2) is 31.6 Å². The fourth-order valence-electron chi connectivity index (χ4n) is 3.41. The second-order valence-corrected chi connectivity index (χ2v) is 9.32. The molecule has 178 valence electrons. The summed E-state index contributed by atoms with van der Waals surface area (Å²) in [6, 6.07) is 17.2. The highest BCUT2D eigenvalue weighted by atomic mass is 16.5. The second kappa shape index (κ2) is 9.52. The monoisotopic (exact) mass is 469 g/mol. The van der Waals surface area contributed by atoms with E-state index in [-0.39, 0.29) is 5.91 Å². The minimum atomic E-state index is -0.599. The molecule has 0 bridgehead atoms. The summed E-state index contributed by atoms with van der Waals surface area (Å²) in [4.78, 5) is 28.4. The van der Waals surface area contributed by atoms with Crippen LogP contribution in [0, 0.1) is 12.3 Å². The standard InChI is InChI=1S/C27H27N5O3/c1-17-8-10-20(15-22(17)29-26(34)27(2,3)4)23-16-32-24(28-23)12-11-21(30-32)19-7-5-6-18(14-19)9-13-25(33)31-35/h5-16,35H,1-4H3,(H,29,34)(H,31,33). The van der Waals surface area contributed by atoms with Gasteiger partial charge < -0.3 is 5.32 Å². The lowest BCUT2D eigenvalue weighted by molar-refractivity contribution is -0.124. The highest BCUT2D eigenvalue weighted by Gasteiger charge is 2.22. The van der Waals surface area contributed by atoms with Crippen molar-refractivity contribution in [1.29, 1.82) is 0 Å². The van der Waals surface area contributed by atoms with Crippen LogP contribution in [-0.2, 0) is 9.59 Å². The smallest absolute Gasteiger partial charge is 0.267 e. The molecule has 0 atom stereocenters. The maximum absolute atomic E-state index is 12.5. The van der Waals surface area contributed by atoms with E-state index in [0.717, 1.165) is 39.3 Å². The van der Waals surface area contributed by atoms with Crippen molar-refractivity contribution in [2.45, 2.75) is 27.7 Å². The Bertz CT molecular complexity index is 1450. The SMILES string of the molecule is Cc1ccc(-c2cn3nc(-c4cccc(C=CC(=O)NO)c4)ccc3n2)cc1NC(=O)C(C)(C)C. The molecule has 4 aromatic rings. The molecule has 2 aromatic carbocycles. The maximum Gasteiger partial charge on any atom is 0.267 e. The summed E-state index contributed by atoms with van der Waals surface area (Å²) >= 11 is 0. The van der Waals surface area contributed by atoms with Crippen LogP contribution in [0.4, 0.5) is 5.69 Å². The number of amides is 2. The van der Waals surface area contributed by atoms with Crippen molar-refractivity contribution in [2.24, 2.45) is 5.41 Å². The van der Waals surface area contributed by atoms with E-state index < -0.39 is 11.3 Å². The minimum Gasteiger partial charge on any atom is -0.325 e. The number of benzene rings is 2. The normalized spacial score (nSPS) is 11.7. The van der Waals surface area contributed by atoms with E-state index in [2.05, 4.69) is 5.32 Å². The predicted octanol–water partition coefficient (Wildman–Crippen LogP) is 4.87. The first kappa shape index (κ1) is 23.8. The fraction of sp³-hybridized carbons (Fsp3) is 0.185. The molecule has 8 nitrogen and oxygen atoms in total. The van der Waals surface area contributed by atoms with E-state index in [9.17, 15) is 9.59 Å². The van der Waals surface area contributed by atoms with Gasteiger partial charge in [0.05, 0.1) is 17.6 Å². The number of hydroxylamine groups is 1. The molecule has 2 amide bonds. The highest BCUT2D eigenvalue weighted by Crippen LogP contribution is 2.27. The number of carbonyl (C=O) groups excluding carboxylic acids is 2. The summed E-state index contributed by atoms with van der Waals surface area (Å²) in [7, 11) is 0. The van der Waals surface area contributed by atoms with E-state index >= 15 is 0 Å². The lowest BCUT2D eigenvalue weighted by atomic mass is 9.95. The molecule has 4 rings (SSSR count). The predicted molar refractivity (Wildman–Crippen MR) is 136 cm³/mol. The number of fused-ring (bicyclic) bond motifs is 1. The summed E-state index contributed by atoms with van der Waals surface area (Å²) in [5, 5.41) is 16.4. The van der Waals surface area contributed by atoms with Crippen LogP contribution < -0.4 is 10.8 Å². The van der Waals surface area contributed by atoms with Gasteiger partial charge in [-0.15, -0.1) is 0 Å². The van der Waals surface area contributed by atoms with Gasteiger partial charge >= 0.3 is 0 Å². The van der Waals surface area contributed by atoms with Gasteiger partial charge in [-0.3, -0.25) is 14.8 Å². The molecule has 35 heavy (non-hydrogen) atoms. The van der Waals surface area contributed by atoms with Crippen LogP contribution in [0.15, 0.2) is 66.9 Å². The fourth-order valence-corrected chi connectivity index (χ4v) is 3.41. The number of aryl methyl sites for hydroxylation is 1. The van der Waals surface area contributed by atoms with Crippen molar-refractivity contribution in [1.82, 2.24) is 20.1 Å². The number of aromatic nitrogens is 3. The number of nitrogens with zero attached hydrogens (tertiary/aromatic N) is 3. The number of hydrogen-bond acceptors (Lipinski definition) is 5. The van der Waals surface area contributed by atoms with E-state index in [4.69, 9.17) is 15.3 Å². The van der Waals surface area contributed by atoms with Gasteiger partial charge in [-0.25, -0.2) is 15.0 Å². The lowest BCUT2D eigenvalue weighted by Gasteiger charge is -2.19. The van der Waals surface area contributed by atoms with Crippen LogP contribution in [0.25, 0.3) is 34.2 Å². The number of nitrogens with one attached hydrogen (secondary N) is 2. The van der Waals surface area contributed by atoms with Gasteiger partial charge in [0.2, 0.25) is 5.91 Å². The van der Waals surface area contributed by atoms with E-state index in [1.165, 1.54) is 6.08 Å². The van der Waals surface area contributed by atoms with E-state index in [0.29, 0.717) is 5.65 Å². The summed E-state index contributed by atoms with van der Waals surface area (Å²) in [6.45, 7) is 7.60. The Labute approximate surface area is 203 Å². The van der Waals surface area contributed by atoms with Crippen LogP contribution in [0.3, 0.4) is 0 Å². The van der Waals surface area contributed by atoms with Gasteiger partial charge in [-0.2, -0.15) is 5.10 Å². The zero-order valence-electron chi connectivity index (χ0n) is 20.0. The van der Waals surface area contributed by atoms with Crippen LogP contribution >= 0.6 is 0 Å². The number of anilines is 1. The van der Waals surface area contributed by atoms with Crippen LogP contribution in [0.5, 0.6) is 0 Å². The average molecular weight is 470 g/mol. The van der Waals surface area contributed by atoms with Gasteiger partial charge in [-0.05, 0) is 48.4 Å². The summed E-state index contributed by atoms with van der Waals surface area (Å²) < 4.78 is 1.72. The Kier molecular flexibility index (Phi) is 6.48. The third-order valence-corrected chi connectivity index (χ3v) is 5.50. The molecule has 8 heteroatoms. The Hall–Kier alpha value is -4.30. The molecule has 0 radical (unpaired) electrons. The first-order valence-corrected chi connectivity index (χ1v) is 11.2. The lowest BCUT2D eigenvalue weighted by Crippen LogP contribution is -2.27. The van der Waals surface area contributed by atoms with Crippen LogP contribution in [0.1, 0.15) is 31.9 Å². The molecule has 0 fully saturated rings. The summed E-state index contributed by atoms with van der Waals surface area (Å²) in [6.07, 6.45) is 4.71. The van der Waals surface area contributed by atoms with Gasteiger partial charge in [-0.1, -0.05) is 51.1 Å². The topological polar surface area (TPSA) is 109 Å². The molecule has 2 heterocycles. The molecular weight excluding hydrogens is 442 g/mol. The second-order valence-electron chi connectivity index (χ2n) is 9.32. The molecule has 2 aromatic heterocycles. The van der Waals surface area contributed by atoms with Crippen molar-refractivity contribution in [3.05, 3.63) is 78.0 Å². The molecule has 0 aliphatic carbocycles. The van der Waals surface area contributed by atoms with Crippen LogP contribution in [0.2, 0.25) is 0 Å². The first-order valence-electron chi connectivity index (χ1n) is 11.2. The number of carbonyl (C=O) groups is 2. The first-order chi connectivity index (χ1) is 16.6. The Morgan fingerprint density at radius 2 is 1.77 bits per heavy atom. The number of imidazole rings is 1.